The number of rotatable bonds is 7. The number of hydrogen-bond acceptors (Lipinski definition) is 4. The maximum absolute atomic E-state index is 13.7. The van der Waals surface area contributed by atoms with E-state index in [9.17, 15) is 14.4 Å². The van der Waals surface area contributed by atoms with E-state index in [2.05, 4.69) is 21.6 Å². The maximum Gasteiger partial charge on any atom is 0.325 e. The highest BCUT2D eigenvalue weighted by atomic mass is 16.2. The van der Waals surface area contributed by atoms with Crippen molar-refractivity contribution < 1.29 is 14.4 Å². The Hall–Kier alpha value is -4.13. The van der Waals surface area contributed by atoms with Crippen LogP contribution in [0.4, 0.5) is 16.2 Å². The van der Waals surface area contributed by atoms with Gasteiger partial charge in [-0.2, -0.15) is 0 Å². The van der Waals surface area contributed by atoms with Crippen molar-refractivity contribution in [1.82, 2.24) is 10.2 Å². The van der Waals surface area contributed by atoms with Gasteiger partial charge in [0, 0.05) is 30.9 Å². The molecule has 1 unspecified atom stereocenters. The maximum atomic E-state index is 13.7. The predicted octanol–water partition coefficient (Wildman–Crippen LogP) is 4.22. The molecule has 1 atom stereocenters. The number of anilines is 2. The Morgan fingerprint density at radius 2 is 1.61 bits per heavy atom. The lowest BCUT2D eigenvalue weighted by Crippen LogP contribution is -2.46. The third-order valence-electron chi connectivity index (χ3n) is 7.01. The third kappa shape index (κ3) is 4.56. The largest absolute Gasteiger partial charge is 0.372 e. The lowest BCUT2D eigenvalue weighted by molar-refractivity contribution is -0.134. The highest BCUT2D eigenvalue weighted by Crippen LogP contribution is 2.33. The van der Waals surface area contributed by atoms with Gasteiger partial charge in [0.25, 0.3) is 5.91 Å². The van der Waals surface area contributed by atoms with E-state index in [4.69, 9.17) is 0 Å². The number of aryl methyl sites for hydroxylation is 1. The van der Waals surface area contributed by atoms with Gasteiger partial charge < -0.3 is 15.5 Å². The molecule has 2 aliphatic rings. The first kappa shape index (κ1) is 23.6. The summed E-state index contributed by atoms with van der Waals surface area (Å²) in [4.78, 5) is 43.1. The Morgan fingerprint density at radius 3 is 2.28 bits per heavy atom. The van der Waals surface area contributed by atoms with Gasteiger partial charge in [-0.3, -0.25) is 14.5 Å². The summed E-state index contributed by atoms with van der Waals surface area (Å²) in [6, 6.07) is 24.1. The Balaban J connectivity index is 1.34. The molecule has 184 valence electrons. The van der Waals surface area contributed by atoms with Gasteiger partial charge in [0.05, 0.1) is 0 Å². The van der Waals surface area contributed by atoms with Crippen LogP contribution in [-0.2, 0) is 21.5 Å². The zero-order valence-electron chi connectivity index (χ0n) is 20.4. The predicted molar refractivity (Wildman–Crippen MR) is 140 cm³/mol. The Kier molecular flexibility index (Phi) is 6.46. The molecule has 7 nitrogen and oxygen atoms in total. The van der Waals surface area contributed by atoms with Crippen LogP contribution in [0.1, 0.15) is 29.5 Å². The Morgan fingerprint density at radius 1 is 0.944 bits per heavy atom. The summed E-state index contributed by atoms with van der Waals surface area (Å²) in [7, 11) is 0. The van der Waals surface area contributed by atoms with E-state index in [1.54, 1.807) is 0 Å². The fraction of sp³-hybridized carbons (Fsp3) is 0.276. The van der Waals surface area contributed by atoms with Crippen LogP contribution in [0.3, 0.4) is 0 Å². The monoisotopic (exact) mass is 482 g/mol. The first-order valence-corrected chi connectivity index (χ1v) is 12.4. The number of hydrogen-bond donors (Lipinski definition) is 2. The van der Waals surface area contributed by atoms with Crippen LogP contribution in [0.15, 0.2) is 78.9 Å². The number of nitrogens with one attached hydrogen (secondary N) is 2. The van der Waals surface area contributed by atoms with Crippen LogP contribution in [-0.4, -0.2) is 42.4 Å². The average Bonchev–Trinajstić information content (AvgIpc) is 3.51. The van der Waals surface area contributed by atoms with Gasteiger partial charge in [0.2, 0.25) is 5.91 Å². The topological polar surface area (TPSA) is 81.8 Å². The summed E-state index contributed by atoms with van der Waals surface area (Å²) in [5, 5.41) is 5.78. The summed E-state index contributed by atoms with van der Waals surface area (Å²) < 4.78 is 0. The fourth-order valence-corrected chi connectivity index (χ4v) is 5.11. The molecule has 2 N–H and O–H groups in total. The van der Waals surface area contributed by atoms with Crippen molar-refractivity contribution in [1.29, 1.82) is 0 Å². The number of carbonyl (C=O) groups is 3. The molecule has 0 bridgehead atoms. The number of benzene rings is 3. The molecule has 2 aliphatic heterocycles. The van der Waals surface area contributed by atoms with Crippen LogP contribution in [0.5, 0.6) is 0 Å². The van der Waals surface area contributed by atoms with Crippen molar-refractivity contribution in [3.8, 4) is 0 Å². The van der Waals surface area contributed by atoms with E-state index >= 15 is 0 Å². The molecule has 3 aromatic carbocycles. The fourth-order valence-electron chi connectivity index (χ4n) is 5.11. The molecule has 4 amide bonds. The molecule has 7 heteroatoms. The van der Waals surface area contributed by atoms with E-state index in [1.807, 2.05) is 79.7 Å². The van der Waals surface area contributed by atoms with Crippen molar-refractivity contribution in [3.05, 3.63) is 95.6 Å². The minimum atomic E-state index is -1.27. The quantitative estimate of drug-likeness (QED) is 0.494. The standard InChI is InChI=1S/C29H30N4O3/c1-21-18-24(32-16-8-9-17-32)14-15-25(21)30-26(34)20-33-27(35)29(31-28(33)36,23-12-6-3-7-13-23)19-22-10-4-2-5-11-22/h2-7,10-15,18H,8-9,16-17,19-20H2,1H3,(H,30,34)(H,31,36). The van der Waals surface area contributed by atoms with Crippen molar-refractivity contribution >= 4 is 29.2 Å². The number of carbonyl (C=O) groups excluding carboxylic acids is 3. The van der Waals surface area contributed by atoms with Gasteiger partial charge in [0.1, 0.15) is 6.54 Å². The SMILES string of the molecule is Cc1cc(N2CCCC2)ccc1NC(=O)CN1C(=O)NC(Cc2ccccc2)(c2ccccc2)C1=O. The van der Waals surface area contributed by atoms with Gasteiger partial charge in [0.15, 0.2) is 5.54 Å². The molecule has 0 aliphatic carbocycles. The molecule has 0 radical (unpaired) electrons. The Bertz CT molecular complexity index is 1270. The van der Waals surface area contributed by atoms with Gasteiger partial charge in [-0.15, -0.1) is 0 Å². The smallest absolute Gasteiger partial charge is 0.325 e. The highest BCUT2D eigenvalue weighted by molar-refractivity contribution is 6.10. The van der Waals surface area contributed by atoms with Crippen molar-refractivity contribution in [3.63, 3.8) is 0 Å². The van der Waals surface area contributed by atoms with Crippen LogP contribution < -0.4 is 15.5 Å². The zero-order valence-corrected chi connectivity index (χ0v) is 20.4. The zero-order chi connectivity index (χ0) is 25.1. The summed E-state index contributed by atoms with van der Waals surface area (Å²) in [5.41, 5.74) is 3.08. The normalized spacial score (nSPS) is 19.5. The van der Waals surface area contributed by atoms with Crippen molar-refractivity contribution in [2.24, 2.45) is 0 Å². The van der Waals surface area contributed by atoms with Crippen LogP contribution in [0.2, 0.25) is 0 Å². The number of urea groups is 1. The number of nitrogens with zero attached hydrogens (tertiary/aromatic N) is 2. The molecule has 0 saturated carbocycles. The van der Waals surface area contributed by atoms with Gasteiger partial charge in [-0.05, 0) is 54.7 Å². The van der Waals surface area contributed by atoms with Gasteiger partial charge in [-0.25, -0.2) is 4.79 Å². The second-order valence-corrected chi connectivity index (χ2v) is 9.50. The molecule has 2 saturated heterocycles. The van der Waals surface area contributed by atoms with Crippen LogP contribution in [0, 0.1) is 6.92 Å². The van der Waals surface area contributed by atoms with Crippen LogP contribution in [0.25, 0.3) is 0 Å². The van der Waals surface area contributed by atoms with Crippen molar-refractivity contribution in [2.45, 2.75) is 31.7 Å². The molecule has 5 rings (SSSR count). The molecule has 0 aromatic heterocycles. The van der Waals surface area contributed by atoms with E-state index in [0.29, 0.717) is 11.3 Å². The van der Waals surface area contributed by atoms with E-state index in [1.165, 1.54) is 12.8 Å². The Labute approximate surface area is 211 Å². The average molecular weight is 483 g/mol. The summed E-state index contributed by atoms with van der Waals surface area (Å²) in [6.45, 7) is 3.68. The summed E-state index contributed by atoms with van der Waals surface area (Å²) >= 11 is 0. The second kappa shape index (κ2) is 9.85. The van der Waals surface area contributed by atoms with Crippen LogP contribution >= 0.6 is 0 Å². The molecule has 3 aromatic rings. The first-order valence-electron chi connectivity index (χ1n) is 12.4. The lowest BCUT2D eigenvalue weighted by Gasteiger charge is -2.27. The van der Waals surface area contributed by atoms with Crippen molar-refractivity contribution in [2.75, 3.05) is 29.9 Å². The van der Waals surface area contributed by atoms with E-state index in [-0.39, 0.29) is 13.0 Å². The highest BCUT2D eigenvalue weighted by Gasteiger charge is 2.52. The van der Waals surface area contributed by atoms with E-state index in [0.717, 1.165) is 34.8 Å². The molecule has 2 heterocycles. The third-order valence-corrected chi connectivity index (χ3v) is 7.01. The second-order valence-electron chi connectivity index (χ2n) is 9.50. The molecule has 0 spiro atoms. The molecular weight excluding hydrogens is 452 g/mol. The molecule has 2 fully saturated rings. The minimum Gasteiger partial charge on any atom is -0.372 e. The molecular formula is C29H30N4O3. The lowest BCUT2D eigenvalue weighted by atomic mass is 9.83. The van der Waals surface area contributed by atoms with Gasteiger partial charge in [-0.1, -0.05) is 60.7 Å². The summed E-state index contributed by atoms with van der Waals surface area (Å²) in [5.74, 6) is -0.849. The van der Waals surface area contributed by atoms with Gasteiger partial charge >= 0.3 is 6.03 Å². The minimum absolute atomic E-state index is 0.289. The number of amides is 4. The number of imide groups is 1. The van der Waals surface area contributed by atoms with E-state index < -0.39 is 23.4 Å². The first-order chi connectivity index (χ1) is 17.5. The summed E-state index contributed by atoms with van der Waals surface area (Å²) in [6.07, 6.45) is 2.67. The molecule has 36 heavy (non-hydrogen) atoms.